The Morgan fingerprint density at radius 3 is 2.82 bits per heavy atom. The molecule has 1 heterocycles. The van der Waals surface area contributed by atoms with Crippen LogP contribution in [0.25, 0.3) is 0 Å². The fourth-order valence-electron chi connectivity index (χ4n) is 2.40. The van der Waals surface area contributed by atoms with Crippen LogP contribution in [0, 0.1) is 12.9 Å². The summed E-state index contributed by atoms with van der Waals surface area (Å²) in [6.45, 7) is 6.18. The number of nitrogens with zero attached hydrogens (tertiary/aromatic N) is 2. The molecule has 0 saturated carbocycles. The number of hydrogen-bond donors (Lipinski definition) is 0. The van der Waals surface area contributed by atoms with Gasteiger partial charge < -0.3 is 9.30 Å². The van der Waals surface area contributed by atoms with Gasteiger partial charge in [0.15, 0.2) is 5.69 Å². The number of carbonyl (C=O) groups excluding carboxylic acids is 1. The Morgan fingerprint density at radius 1 is 1.41 bits per heavy atom. The average Bonchev–Trinajstić information content (AvgIpc) is 2.89. The first-order valence-corrected chi connectivity index (χ1v) is 7.51. The Bertz CT molecular complexity index is 652. The lowest BCUT2D eigenvalue weighted by molar-refractivity contribution is 0.0480. The highest BCUT2D eigenvalue weighted by Crippen LogP contribution is 2.24. The van der Waals surface area contributed by atoms with Crippen LogP contribution in [-0.4, -0.2) is 22.1 Å². The van der Waals surface area contributed by atoms with Crippen molar-refractivity contribution in [2.45, 2.75) is 39.7 Å². The second-order valence-corrected chi connectivity index (χ2v) is 5.31. The Kier molecular flexibility index (Phi) is 5.31. The van der Waals surface area contributed by atoms with Gasteiger partial charge in [0.1, 0.15) is 0 Å². The Balaban J connectivity index is 2.29. The maximum atomic E-state index is 13.9. The molecule has 5 heteroatoms. The van der Waals surface area contributed by atoms with Gasteiger partial charge in [-0.2, -0.15) is 4.39 Å². The first kappa shape index (κ1) is 16.2. The molecule has 0 aliphatic carbocycles. The minimum Gasteiger partial charge on any atom is -0.461 e. The lowest BCUT2D eigenvalue weighted by atomic mass is 10.0. The molecule has 22 heavy (non-hydrogen) atoms. The Hall–Kier alpha value is -2.17. The number of aromatic nitrogens is 2. The summed E-state index contributed by atoms with van der Waals surface area (Å²) >= 11 is 0. The summed E-state index contributed by atoms with van der Waals surface area (Å²) in [7, 11) is 0. The van der Waals surface area contributed by atoms with Crippen molar-refractivity contribution in [3.63, 3.8) is 0 Å². The van der Waals surface area contributed by atoms with E-state index in [1.54, 1.807) is 0 Å². The number of imidazole rings is 1. The van der Waals surface area contributed by atoms with Gasteiger partial charge in [-0.05, 0) is 31.4 Å². The molecule has 0 amide bonds. The van der Waals surface area contributed by atoms with Crippen molar-refractivity contribution >= 4 is 5.97 Å². The molecule has 0 fully saturated rings. The summed E-state index contributed by atoms with van der Waals surface area (Å²) in [4.78, 5) is 15.8. The van der Waals surface area contributed by atoms with Crippen molar-refractivity contribution in [3.05, 3.63) is 53.4 Å². The number of carbonyl (C=O) groups is 1. The molecule has 0 unspecified atom stereocenters. The highest BCUT2D eigenvalue weighted by Gasteiger charge is 2.24. The number of rotatable bonds is 6. The standard InChI is InChI=1S/C17H21FN2O2/c1-4-5-10-22-17(21)15-16(18)19-11-20(15)13(3)14-9-7-6-8-12(14)2/h6-9,11,13H,4-5,10H2,1-3H3/t13-/m1/s1. The summed E-state index contributed by atoms with van der Waals surface area (Å²) < 4.78 is 20.6. The minimum absolute atomic E-state index is 0.119. The number of ether oxygens (including phenoxy) is 1. The quantitative estimate of drug-likeness (QED) is 0.600. The number of halogens is 1. The Morgan fingerprint density at radius 2 is 2.14 bits per heavy atom. The first-order valence-electron chi connectivity index (χ1n) is 7.51. The summed E-state index contributed by atoms with van der Waals surface area (Å²) in [6.07, 6.45) is 3.02. The van der Waals surface area contributed by atoms with E-state index in [1.165, 1.54) is 10.9 Å². The molecule has 1 aromatic carbocycles. The third-order valence-corrected chi connectivity index (χ3v) is 3.73. The van der Waals surface area contributed by atoms with Gasteiger partial charge >= 0.3 is 5.97 Å². The molecule has 1 atom stereocenters. The maximum absolute atomic E-state index is 13.9. The molecule has 118 valence electrons. The highest BCUT2D eigenvalue weighted by atomic mass is 19.1. The largest absolute Gasteiger partial charge is 0.461 e. The van der Waals surface area contributed by atoms with E-state index in [1.807, 2.05) is 45.0 Å². The molecule has 0 N–H and O–H groups in total. The van der Waals surface area contributed by atoms with E-state index in [4.69, 9.17) is 4.74 Å². The van der Waals surface area contributed by atoms with Gasteiger partial charge in [-0.3, -0.25) is 0 Å². The molecule has 1 aromatic heterocycles. The normalized spacial score (nSPS) is 12.2. The fourth-order valence-corrected chi connectivity index (χ4v) is 2.40. The van der Waals surface area contributed by atoms with Crippen molar-refractivity contribution < 1.29 is 13.9 Å². The van der Waals surface area contributed by atoms with E-state index in [0.717, 1.165) is 24.0 Å². The van der Waals surface area contributed by atoms with Crippen LogP contribution in [0.15, 0.2) is 30.6 Å². The molecule has 4 nitrogen and oxygen atoms in total. The van der Waals surface area contributed by atoms with Crippen LogP contribution in [0.4, 0.5) is 4.39 Å². The van der Waals surface area contributed by atoms with Crippen LogP contribution in [0.5, 0.6) is 0 Å². The molecule has 0 aliphatic heterocycles. The van der Waals surface area contributed by atoms with Crippen molar-refractivity contribution in [1.29, 1.82) is 0 Å². The molecule has 0 spiro atoms. The van der Waals surface area contributed by atoms with Gasteiger partial charge in [0.05, 0.1) is 19.0 Å². The molecule has 0 aliphatic rings. The third kappa shape index (κ3) is 3.35. The van der Waals surface area contributed by atoms with E-state index < -0.39 is 11.9 Å². The van der Waals surface area contributed by atoms with Crippen LogP contribution in [-0.2, 0) is 4.74 Å². The van der Waals surface area contributed by atoms with E-state index in [-0.39, 0.29) is 11.7 Å². The monoisotopic (exact) mass is 304 g/mol. The number of benzene rings is 1. The Labute approximate surface area is 129 Å². The van der Waals surface area contributed by atoms with Crippen LogP contribution >= 0.6 is 0 Å². The zero-order valence-electron chi connectivity index (χ0n) is 13.2. The number of hydrogen-bond acceptors (Lipinski definition) is 3. The minimum atomic E-state index is -0.790. The van der Waals surface area contributed by atoms with E-state index in [2.05, 4.69) is 4.98 Å². The third-order valence-electron chi connectivity index (χ3n) is 3.73. The van der Waals surface area contributed by atoms with E-state index in [9.17, 15) is 9.18 Å². The van der Waals surface area contributed by atoms with Gasteiger partial charge in [0.25, 0.3) is 0 Å². The predicted molar refractivity (Wildman–Crippen MR) is 82.4 cm³/mol. The van der Waals surface area contributed by atoms with Gasteiger partial charge in [0, 0.05) is 0 Å². The van der Waals surface area contributed by atoms with E-state index >= 15 is 0 Å². The summed E-state index contributed by atoms with van der Waals surface area (Å²) in [5.41, 5.74) is 1.98. The zero-order chi connectivity index (χ0) is 16.1. The molecular formula is C17H21FN2O2. The molecule has 0 saturated heterocycles. The van der Waals surface area contributed by atoms with Crippen LogP contribution in [0.3, 0.4) is 0 Å². The predicted octanol–water partition coefficient (Wildman–Crippen LogP) is 3.90. The van der Waals surface area contributed by atoms with Gasteiger partial charge in [0.2, 0.25) is 5.95 Å². The number of unbranched alkanes of at least 4 members (excludes halogenated alkanes) is 1. The van der Waals surface area contributed by atoms with Crippen molar-refractivity contribution in [2.24, 2.45) is 0 Å². The van der Waals surface area contributed by atoms with Crippen LogP contribution < -0.4 is 0 Å². The average molecular weight is 304 g/mol. The summed E-state index contributed by atoms with van der Waals surface area (Å²) in [5.74, 6) is -1.45. The van der Waals surface area contributed by atoms with Gasteiger partial charge in [-0.1, -0.05) is 37.6 Å². The van der Waals surface area contributed by atoms with Crippen LogP contribution in [0.1, 0.15) is 54.3 Å². The van der Waals surface area contributed by atoms with Crippen LogP contribution in [0.2, 0.25) is 0 Å². The van der Waals surface area contributed by atoms with Crippen molar-refractivity contribution in [2.75, 3.05) is 6.61 Å². The first-order chi connectivity index (χ1) is 10.6. The zero-order valence-corrected chi connectivity index (χ0v) is 13.2. The van der Waals surface area contributed by atoms with Gasteiger partial charge in [-0.25, -0.2) is 9.78 Å². The van der Waals surface area contributed by atoms with Crippen molar-refractivity contribution in [1.82, 2.24) is 9.55 Å². The molecule has 2 aromatic rings. The lowest BCUT2D eigenvalue weighted by Crippen LogP contribution is -2.17. The summed E-state index contributed by atoms with van der Waals surface area (Å²) in [5, 5.41) is 0. The summed E-state index contributed by atoms with van der Waals surface area (Å²) in [6, 6.07) is 7.61. The topological polar surface area (TPSA) is 44.1 Å². The SMILES string of the molecule is CCCCOC(=O)c1c(F)ncn1[C@H](C)c1ccccc1C. The lowest BCUT2D eigenvalue weighted by Gasteiger charge is -2.18. The second-order valence-electron chi connectivity index (χ2n) is 5.31. The molecule has 2 rings (SSSR count). The molecular weight excluding hydrogens is 283 g/mol. The fraction of sp³-hybridized carbons (Fsp3) is 0.412. The molecule has 0 bridgehead atoms. The second kappa shape index (κ2) is 7.20. The smallest absolute Gasteiger partial charge is 0.359 e. The maximum Gasteiger partial charge on any atom is 0.359 e. The highest BCUT2D eigenvalue weighted by molar-refractivity contribution is 5.87. The van der Waals surface area contributed by atoms with E-state index in [0.29, 0.717) is 6.61 Å². The number of aryl methyl sites for hydroxylation is 1. The van der Waals surface area contributed by atoms with Crippen molar-refractivity contribution in [3.8, 4) is 0 Å². The van der Waals surface area contributed by atoms with Gasteiger partial charge in [-0.15, -0.1) is 0 Å². The molecule has 0 radical (unpaired) electrons. The number of esters is 1.